The van der Waals surface area contributed by atoms with Crippen LogP contribution in [0.2, 0.25) is 10.0 Å². The molecule has 0 bridgehead atoms. The van der Waals surface area contributed by atoms with Gasteiger partial charge in [0.2, 0.25) is 0 Å². The molecule has 3 nitrogen and oxygen atoms in total. The quantitative estimate of drug-likeness (QED) is 0.625. The van der Waals surface area contributed by atoms with Crippen molar-refractivity contribution in [2.24, 2.45) is 4.99 Å². The van der Waals surface area contributed by atoms with Crippen LogP contribution in [0, 0.1) is 0 Å². The van der Waals surface area contributed by atoms with Crippen molar-refractivity contribution < 1.29 is 4.74 Å². The summed E-state index contributed by atoms with van der Waals surface area (Å²) in [7, 11) is 1.55. The van der Waals surface area contributed by atoms with Crippen molar-refractivity contribution in [3.8, 4) is 5.75 Å². The van der Waals surface area contributed by atoms with E-state index in [0.29, 0.717) is 26.2 Å². The van der Waals surface area contributed by atoms with Crippen LogP contribution in [-0.4, -0.2) is 11.9 Å². The van der Waals surface area contributed by atoms with E-state index in [4.69, 9.17) is 27.9 Å². The van der Waals surface area contributed by atoms with Gasteiger partial charge in [-0.05, 0) is 33.9 Å². The highest BCUT2D eigenvalue weighted by molar-refractivity contribution is 9.18. The first-order valence-corrected chi connectivity index (χ1v) is 6.23. The van der Waals surface area contributed by atoms with Crippen LogP contribution < -0.4 is 9.46 Å². The summed E-state index contributed by atoms with van der Waals surface area (Å²) in [4.78, 5) is 5.05. The Hall–Kier alpha value is -0.100. The molecule has 1 aliphatic heterocycles. The van der Waals surface area contributed by atoms with Crippen molar-refractivity contribution in [3.63, 3.8) is 0 Å². The fourth-order valence-electron chi connectivity index (χ4n) is 1.18. The molecule has 0 atom stereocenters. The van der Waals surface area contributed by atoms with E-state index < -0.39 is 0 Å². The number of aliphatic imine (C=N–C) groups is 1. The van der Waals surface area contributed by atoms with Crippen molar-refractivity contribution in [1.29, 1.82) is 0 Å². The van der Waals surface area contributed by atoms with E-state index in [1.165, 1.54) is 11.9 Å². The largest absolute Gasteiger partial charge is 0.493 e. The minimum Gasteiger partial charge on any atom is -0.493 e. The average Bonchev–Trinajstić information content (AvgIpc) is 2.17. The van der Waals surface area contributed by atoms with Crippen LogP contribution in [0.3, 0.4) is 0 Å². The summed E-state index contributed by atoms with van der Waals surface area (Å²) in [6, 6.07) is 1.64. The third kappa shape index (κ3) is 2.06. The Morgan fingerprint density at radius 3 is 2.87 bits per heavy atom. The zero-order chi connectivity index (χ0) is 11.0. The van der Waals surface area contributed by atoms with Gasteiger partial charge >= 0.3 is 0 Å². The first-order valence-electron chi connectivity index (χ1n) is 3.86. The number of methoxy groups -OCH3 is 1. The Morgan fingerprint density at radius 1 is 1.47 bits per heavy atom. The highest BCUT2D eigenvalue weighted by Gasteiger charge is 2.21. The van der Waals surface area contributed by atoms with E-state index in [1.807, 2.05) is 0 Å². The lowest BCUT2D eigenvalue weighted by atomic mass is 10.3. The maximum atomic E-state index is 6.04. The van der Waals surface area contributed by atoms with Gasteiger partial charge in [0.1, 0.15) is 5.69 Å². The van der Waals surface area contributed by atoms with Crippen LogP contribution in [0.15, 0.2) is 16.0 Å². The standard InChI is InChI=1S/C8H5BrCl2N2OS/c1-14-6-3(10)2-4(11)7-5(6)12-8(9)13-15-7/h2H,1H3,(H,12,13). The third-order valence-corrected chi connectivity index (χ3v) is 4.01. The number of benzene rings is 1. The van der Waals surface area contributed by atoms with Crippen molar-refractivity contribution >= 4 is 61.5 Å². The normalized spacial score (nSPS) is 14.0. The number of hydrogen-bond donors (Lipinski definition) is 1. The number of rotatable bonds is 1. The molecule has 0 fully saturated rings. The Balaban J connectivity index is 2.70. The molecule has 7 heteroatoms. The van der Waals surface area contributed by atoms with E-state index in [-0.39, 0.29) is 0 Å². The van der Waals surface area contributed by atoms with E-state index >= 15 is 0 Å². The predicted molar refractivity (Wildman–Crippen MR) is 68.0 cm³/mol. The molecule has 15 heavy (non-hydrogen) atoms. The predicted octanol–water partition coefficient (Wildman–Crippen LogP) is 3.99. The van der Waals surface area contributed by atoms with Crippen molar-refractivity contribution in [2.75, 3.05) is 7.11 Å². The summed E-state index contributed by atoms with van der Waals surface area (Å²) in [5.41, 5.74) is 0.644. The zero-order valence-corrected chi connectivity index (χ0v) is 11.4. The number of amidine groups is 1. The van der Waals surface area contributed by atoms with E-state index in [0.717, 1.165) is 4.90 Å². The van der Waals surface area contributed by atoms with Gasteiger partial charge in [0.05, 0.1) is 22.1 Å². The molecule has 0 aromatic heterocycles. The van der Waals surface area contributed by atoms with Gasteiger partial charge in [-0.2, -0.15) is 0 Å². The number of nitrogens with zero attached hydrogens (tertiary/aromatic N) is 1. The number of hydrogen-bond acceptors (Lipinski definition) is 4. The Labute approximate surface area is 109 Å². The molecule has 1 aromatic carbocycles. The summed E-state index contributed by atoms with van der Waals surface area (Å²) in [5.74, 6) is 0.530. The smallest absolute Gasteiger partial charge is 0.181 e. The number of ether oxygens (including phenoxy) is 1. The second kappa shape index (κ2) is 4.41. The summed E-state index contributed by atoms with van der Waals surface area (Å²) in [6.45, 7) is 0. The fourth-order valence-corrected chi connectivity index (χ4v) is 2.87. The molecule has 1 heterocycles. The molecule has 0 saturated carbocycles. The van der Waals surface area contributed by atoms with E-state index in [2.05, 4.69) is 25.6 Å². The summed E-state index contributed by atoms with van der Waals surface area (Å²) < 4.78 is 8.75. The first kappa shape index (κ1) is 11.4. The van der Waals surface area contributed by atoms with Crippen molar-refractivity contribution in [1.82, 2.24) is 4.72 Å². The van der Waals surface area contributed by atoms with Gasteiger partial charge in [-0.25, -0.2) is 4.99 Å². The van der Waals surface area contributed by atoms with Gasteiger partial charge in [0, 0.05) is 0 Å². The van der Waals surface area contributed by atoms with Gasteiger partial charge in [-0.3, -0.25) is 0 Å². The highest BCUT2D eigenvalue weighted by Crippen LogP contribution is 2.47. The van der Waals surface area contributed by atoms with Crippen LogP contribution in [0.5, 0.6) is 5.75 Å². The number of fused-ring (bicyclic) bond motifs is 1. The molecule has 80 valence electrons. The van der Waals surface area contributed by atoms with Crippen molar-refractivity contribution in [2.45, 2.75) is 4.90 Å². The van der Waals surface area contributed by atoms with Gasteiger partial charge in [-0.15, -0.1) is 0 Å². The monoisotopic (exact) mass is 326 g/mol. The fraction of sp³-hybridized carbons (Fsp3) is 0.125. The molecule has 2 rings (SSSR count). The van der Waals surface area contributed by atoms with Crippen LogP contribution >= 0.6 is 51.1 Å². The topological polar surface area (TPSA) is 33.6 Å². The molecule has 1 aliphatic rings. The first-order chi connectivity index (χ1) is 7.13. The Kier molecular flexibility index (Phi) is 3.35. The van der Waals surface area contributed by atoms with Crippen LogP contribution in [0.4, 0.5) is 5.69 Å². The molecule has 0 radical (unpaired) electrons. The molecule has 1 N–H and O–H groups in total. The summed E-state index contributed by atoms with van der Waals surface area (Å²) in [6.07, 6.45) is 0. The summed E-state index contributed by atoms with van der Waals surface area (Å²) >= 11 is 16.6. The molecule has 1 aromatic rings. The minimum atomic E-state index is 0.452. The average molecular weight is 328 g/mol. The third-order valence-electron chi connectivity index (χ3n) is 1.77. The van der Waals surface area contributed by atoms with E-state index in [1.54, 1.807) is 13.2 Å². The lowest BCUT2D eigenvalue weighted by Gasteiger charge is -2.17. The lowest BCUT2D eigenvalue weighted by molar-refractivity contribution is 0.415. The number of halogens is 3. The Bertz CT molecular complexity index is 453. The lowest BCUT2D eigenvalue weighted by Crippen LogP contribution is -2.11. The molecule has 0 unspecified atom stereocenters. The molecule has 0 aliphatic carbocycles. The van der Waals surface area contributed by atoms with Crippen LogP contribution in [0.25, 0.3) is 0 Å². The van der Waals surface area contributed by atoms with Gasteiger partial charge in [0.15, 0.2) is 10.5 Å². The zero-order valence-electron chi connectivity index (χ0n) is 7.47. The van der Waals surface area contributed by atoms with E-state index in [9.17, 15) is 0 Å². The van der Waals surface area contributed by atoms with Crippen LogP contribution in [-0.2, 0) is 0 Å². The van der Waals surface area contributed by atoms with Gasteiger partial charge < -0.3 is 9.46 Å². The second-order valence-corrected chi connectivity index (χ2v) is 5.04. The second-order valence-electron chi connectivity index (χ2n) is 2.66. The molecule has 0 saturated heterocycles. The minimum absolute atomic E-state index is 0.452. The van der Waals surface area contributed by atoms with Gasteiger partial charge in [0.25, 0.3) is 0 Å². The van der Waals surface area contributed by atoms with Crippen molar-refractivity contribution in [3.05, 3.63) is 16.1 Å². The van der Waals surface area contributed by atoms with Crippen LogP contribution in [0.1, 0.15) is 0 Å². The summed E-state index contributed by atoms with van der Waals surface area (Å²) in [5, 5.41) is 1.00. The SMILES string of the molecule is COc1c(Cl)cc(Cl)c2c1N=C(Br)NS2. The highest BCUT2D eigenvalue weighted by atomic mass is 79.9. The maximum absolute atomic E-state index is 6.04. The number of nitrogens with one attached hydrogen (secondary N) is 1. The molecular formula is C8H5BrCl2N2OS. The molecule has 0 amide bonds. The maximum Gasteiger partial charge on any atom is 0.181 e. The Morgan fingerprint density at radius 2 is 2.20 bits per heavy atom. The van der Waals surface area contributed by atoms with Gasteiger partial charge in [-0.1, -0.05) is 23.2 Å². The molecular weight excluding hydrogens is 323 g/mol. The molecule has 0 spiro atoms.